The molecule has 112 valence electrons. The van der Waals surface area contributed by atoms with Crippen LogP contribution < -0.4 is 0 Å². The van der Waals surface area contributed by atoms with E-state index >= 15 is 0 Å². The molecule has 0 fully saturated rings. The van der Waals surface area contributed by atoms with Gasteiger partial charge in [-0.05, 0) is 24.3 Å². The van der Waals surface area contributed by atoms with E-state index in [-0.39, 0.29) is 11.6 Å². The van der Waals surface area contributed by atoms with Crippen LogP contribution in [0.25, 0.3) is 0 Å². The quantitative estimate of drug-likeness (QED) is 0.802. The molecule has 20 heavy (non-hydrogen) atoms. The van der Waals surface area contributed by atoms with E-state index < -0.39 is 0 Å². The van der Waals surface area contributed by atoms with Crippen molar-refractivity contribution in [1.29, 1.82) is 0 Å². The number of benzene rings is 1. The van der Waals surface area contributed by atoms with Gasteiger partial charge in [0.05, 0.1) is 0 Å². The summed E-state index contributed by atoms with van der Waals surface area (Å²) in [5.41, 5.74) is 0.790. The van der Waals surface area contributed by atoms with Crippen LogP contribution in [-0.4, -0.2) is 23.6 Å². The summed E-state index contributed by atoms with van der Waals surface area (Å²) >= 11 is 0. The van der Waals surface area contributed by atoms with Crippen LogP contribution >= 0.6 is 0 Å². The Morgan fingerprint density at radius 3 is 2.10 bits per heavy atom. The summed E-state index contributed by atoms with van der Waals surface area (Å²) in [4.78, 5) is 14.0. The molecule has 3 heteroatoms. The summed E-state index contributed by atoms with van der Waals surface area (Å²) in [6.45, 7) is 11.0. The van der Waals surface area contributed by atoms with Gasteiger partial charge in [0.2, 0.25) is 0 Å². The fourth-order valence-electron chi connectivity index (χ4n) is 2.45. The molecule has 0 aromatic heterocycles. The smallest absolute Gasteiger partial charge is 0.410 e. The fraction of sp³-hybridized carbons (Fsp3) is 0.588. The number of rotatable bonds is 5. The first-order chi connectivity index (χ1) is 9.30. The molecule has 0 spiro atoms. The van der Waals surface area contributed by atoms with Gasteiger partial charge in [-0.3, -0.25) is 0 Å². The zero-order valence-electron chi connectivity index (χ0n) is 13.5. The largest absolute Gasteiger partial charge is 0.445 e. The molecule has 1 rings (SSSR count). The first-order valence-electron chi connectivity index (χ1n) is 7.24. The van der Waals surface area contributed by atoms with E-state index in [1.165, 1.54) is 0 Å². The summed E-state index contributed by atoms with van der Waals surface area (Å²) in [5.74, 6) is 0.716. The number of carbonyl (C=O) groups excluding carboxylic acids is 1. The predicted octanol–water partition coefficient (Wildman–Crippen LogP) is 4.33. The van der Waals surface area contributed by atoms with Crippen LogP contribution in [0.2, 0.25) is 0 Å². The monoisotopic (exact) mass is 277 g/mol. The third-order valence-corrected chi connectivity index (χ3v) is 4.54. The minimum atomic E-state index is -0.265. The molecule has 0 unspecified atom stereocenters. The van der Waals surface area contributed by atoms with Gasteiger partial charge in [-0.2, -0.15) is 0 Å². The minimum absolute atomic E-state index is 0.215. The number of ether oxygens (including phenoxy) is 1. The van der Waals surface area contributed by atoms with Gasteiger partial charge in [-0.15, -0.1) is 0 Å². The second kappa shape index (κ2) is 6.78. The first-order valence-corrected chi connectivity index (χ1v) is 7.24. The van der Waals surface area contributed by atoms with Gasteiger partial charge in [-0.1, -0.05) is 58.0 Å². The van der Waals surface area contributed by atoms with Crippen molar-refractivity contribution in [3.05, 3.63) is 35.9 Å². The molecule has 0 aliphatic carbocycles. The molecule has 0 aliphatic rings. The highest BCUT2D eigenvalue weighted by molar-refractivity contribution is 5.68. The molecule has 1 aromatic carbocycles. The van der Waals surface area contributed by atoms with Gasteiger partial charge in [0.25, 0.3) is 0 Å². The third kappa shape index (κ3) is 3.53. The Morgan fingerprint density at radius 1 is 1.15 bits per heavy atom. The SMILES string of the molecule is CC(C)C(C)(C(C)C)N(C)C(=O)OCc1ccccc1. The topological polar surface area (TPSA) is 29.5 Å². The fourth-order valence-corrected chi connectivity index (χ4v) is 2.45. The highest BCUT2D eigenvalue weighted by Crippen LogP contribution is 2.32. The van der Waals surface area contributed by atoms with Gasteiger partial charge in [-0.25, -0.2) is 4.79 Å². The molecule has 0 bridgehead atoms. The third-order valence-electron chi connectivity index (χ3n) is 4.54. The summed E-state index contributed by atoms with van der Waals surface area (Å²) in [5, 5.41) is 0. The van der Waals surface area contributed by atoms with Crippen molar-refractivity contribution in [2.24, 2.45) is 11.8 Å². The number of hydrogen-bond acceptors (Lipinski definition) is 2. The lowest BCUT2D eigenvalue weighted by Gasteiger charge is -2.44. The summed E-state index contributed by atoms with van der Waals surface area (Å²) in [6.07, 6.45) is -0.265. The summed E-state index contributed by atoms with van der Waals surface area (Å²) in [6, 6.07) is 9.75. The van der Waals surface area contributed by atoms with Crippen molar-refractivity contribution >= 4 is 6.09 Å². The van der Waals surface area contributed by atoms with Crippen molar-refractivity contribution in [3.8, 4) is 0 Å². The standard InChI is InChI=1S/C17H27NO2/c1-13(2)17(5,14(3)4)18(6)16(19)20-12-15-10-8-7-9-11-15/h7-11,13-14H,12H2,1-6H3. The summed E-state index contributed by atoms with van der Waals surface area (Å²) in [7, 11) is 1.83. The van der Waals surface area contributed by atoms with Gasteiger partial charge in [0.1, 0.15) is 6.61 Å². The Kier molecular flexibility index (Phi) is 5.61. The van der Waals surface area contributed by atoms with Crippen LogP contribution in [0.15, 0.2) is 30.3 Å². The number of hydrogen-bond donors (Lipinski definition) is 0. The highest BCUT2D eigenvalue weighted by Gasteiger charge is 2.39. The number of nitrogens with zero attached hydrogens (tertiary/aromatic N) is 1. The van der Waals surface area contributed by atoms with E-state index in [9.17, 15) is 4.79 Å². The maximum atomic E-state index is 12.3. The second-order valence-corrected chi connectivity index (χ2v) is 6.13. The minimum Gasteiger partial charge on any atom is -0.445 e. The van der Waals surface area contributed by atoms with Crippen LogP contribution in [-0.2, 0) is 11.3 Å². The maximum absolute atomic E-state index is 12.3. The van der Waals surface area contributed by atoms with E-state index in [1.54, 1.807) is 4.90 Å². The Labute approximate surface area is 122 Å². The Balaban J connectivity index is 2.71. The molecule has 0 N–H and O–H groups in total. The van der Waals surface area contributed by atoms with Gasteiger partial charge < -0.3 is 9.64 Å². The maximum Gasteiger partial charge on any atom is 0.410 e. The molecule has 0 saturated heterocycles. The first kappa shape index (κ1) is 16.5. The molecule has 0 saturated carbocycles. The van der Waals surface area contributed by atoms with Crippen LogP contribution in [0.1, 0.15) is 40.2 Å². The average Bonchev–Trinajstić information content (AvgIpc) is 2.43. The molecular formula is C17H27NO2. The van der Waals surface area contributed by atoms with E-state index in [0.29, 0.717) is 18.4 Å². The van der Waals surface area contributed by atoms with Gasteiger partial charge >= 0.3 is 6.09 Å². The zero-order chi connectivity index (χ0) is 15.3. The average molecular weight is 277 g/mol. The zero-order valence-corrected chi connectivity index (χ0v) is 13.5. The molecular weight excluding hydrogens is 250 g/mol. The van der Waals surface area contributed by atoms with E-state index in [4.69, 9.17) is 4.74 Å². The Hall–Kier alpha value is -1.51. The number of carbonyl (C=O) groups is 1. The van der Waals surface area contributed by atoms with Crippen molar-refractivity contribution in [1.82, 2.24) is 4.90 Å². The van der Waals surface area contributed by atoms with E-state index in [1.807, 2.05) is 37.4 Å². The van der Waals surface area contributed by atoms with E-state index in [0.717, 1.165) is 5.56 Å². The molecule has 0 aliphatic heterocycles. The number of amides is 1. The lowest BCUT2D eigenvalue weighted by Crippen LogP contribution is -2.54. The molecule has 1 amide bonds. The van der Waals surface area contributed by atoms with Crippen LogP contribution in [0.5, 0.6) is 0 Å². The lowest BCUT2D eigenvalue weighted by molar-refractivity contribution is 0.0219. The van der Waals surface area contributed by atoms with Crippen molar-refractivity contribution < 1.29 is 9.53 Å². The lowest BCUT2D eigenvalue weighted by atomic mass is 9.77. The van der Waals surface area contributed by atoms with Crippen molar-refractivity contribution in [3.63, 3.8) is 0 Å². The molecule has 0 radical (unpaired) electrons. The Bertz CT molecular complexity index is 418. The van der Waals surface area contributed by atoms with Crippen LogP contribution in [0.3, 0.4) is 0 Å². The van der Waals surface area contributed by atoms with Gasteiger partial charge in [0.15, 0.2) is 0 Å². The molecule has 1 aromatic rings. The Morgan fingerprint density at radius 2 is 1.65 bits per heavy atom. The van der Waals surface area contributed by atoms with Crippen molar-refractivity contribution in [2.75, 3.05) is 7.05 Å². The van der Waals surface area contributed by atoms with Crippen molar-refractivity contribution in [2.45, 2.75) is 46.8 Å². The summed E-state index contributed by atoms with van der Waals surface area (Å²) < 4.78 is 5.42. The molecule has 0 heterocycles. The highest BCUT2D eigenvalue weighted by atomic mass is 16.6. The van der Waals surface area contributed by atoms with E-state index in [2.05, 4.69) is 34.6 Å². The normalized spacial score (nSPS) is 11.8. The van der Waals surface area contributed by atoms with Crippen LogP contribution in [0, 0.1) is 11.8 Å². The molecule has 0 atom stereocenters. The van der Waals surface area contributed by atoms with Crippen LogP contribution in [0.4, 0.5) is 4.79 Å². The van der Waals surface area contributed by atoms with Gasteiger partial charge in [0, 0.05) is 12.6 Å². The second-order valence-electron chi connectivity index (χ2n) is 6.13. The molecule has 3 nitrogen and oxygen atoms in total. The predicted molar refractivity (Wildman–Crippen MR) is 82.5 cm³/mol.